The Kier molecular flexibility index (Phi) is 5.71. The fraction of sp³-hybridized carbons (Fsp3) is 0.158. The molecule has 3 aromatic rings. The highest BCUT2D eigenvalue weighted by molar-refractivity contribution is 6.32. The summed E-state index contributed by atoms with van der Waals surface area (Å²) in [6, 6.07) is 8.82. The highest BCUT2D eigenvalue weighted by Gasteiger charge is 2.21. The van der Waals surface area contributed by atoms with E-state index in [1.54, 1.807) is 36.1 Å². The highest BCUT2D eigenvalue weighted by Crippen LogP contribution is 2.25. The number of carbonyl (C=O) groups is 1. The lowest BCUT2D eigenvalue weighted by Crippen LogP contribution is -2.34. The predicted octanol–water partition coefficient (Wildman–Crippen LogP) is 3.64. The fourth-order valence-corrected chi connectivity index (χ4v) is 2.77. The third-order valence-corrected chi connectivity index (χ3v) is 4.17. The van der Waals surface area contributed by atoms with Gasteiger partial charge in [-0.3, -0.25) is 4.79 Å². The zero-order chi connectivity index (χ0) is 19.4. The quantitative estimate of drug-likeness (QED) is 0.698. The van der Waals surface area contributed by atoms with Crippen LogP contribution in [0.4, 0.5) is 8.78 Å². The van der Waals surface area contributed by atoms with Crippen molar-refractivity contribution in [2.75, 3.05) is 6.61 Å². The minimum Gasteiger partial charge on any atom is -0.482 e. The molecule has 3 rings (SSSR count). The van der Waals surface area contributed by atoms with Crippen molar-refractivity contribution in [1.82, 2.24) is 14.9 Å². The zero-order valence-corrected chi connectivity index (χ0v) is 15.1. The SMILES string of the molecule is Cn1ccnc1C(NC(=O)COc1ccc(F)cc1Cl)c1ccc(F)cc1. The minimum absolute atomic E-state index is 0.0713. The van der Waals surface area contributed by atoms with E-state index in [1.807, 2.05) is 0 Å². The van der Waals surface area contributed by atoms with E-state index >= 15 is 0 Å². The molecule has 1 amide bonds. The van der Waals surface area contributed by atoms with Gasteiger partial charge < -0.3 is 14.6 Å². The first kappa shape index (κ1) is 18.8. The summed E-state index contributed by atoms with van der Waals surface area (Å²) in [6.45, 7) is -0.326. The molecule has 140 valence electrons. The second-order valence-corrected chi connectivity index (χ2v) is 6.22. The molecule has 0 saturated carbocycles. The van der Waals surface area contributed by atoms with Gasteiger partial charge in [0.25, 0.3) is 5.91 Å². The third-order valence-electron chi connectivity index (χ3n) is 3.88. The summed E-state index contributed by atoms with van der Waals surface area (Å²) in [5.41, 5.74) is 0.666. The first-order valence-electron chi connectivity index (χ1n) is 8.04. The molecule has 5 nitrogen and oxygen atoms in total. The van der Waals surface area contributed by atoms with E-state index in [0.717, 1.165) is 6.07 Å². The Balaban J connectivity index is 1.74. The number of nitrogens with zero attached hydrogens (tertiary/aromatic N) is 2. The molecule has 8 heteroatoms. The average molecular weight is 392 g/mol. The first-order valence-corrected chi connectivity index (χ1v) is 8.41. The number of hydrogen-bond donors (Lipinski definition) is 1. The van der Waals surface area contributed by atoms with Gasteiger partial charge in [-0.05, 0) is 35.9 Å². The van der Waals surface area contributed by atoms with Crippen LogP contribution < -0.4 is 10.1 Å². The number of halogens is 3. The van der Waals surface area contributed by atoms with E-state index in [0.29, 0.717) is 11.4 Å². The number of nitrogens with one attached hydrogen (secondary N) is 1. The molecule has 0 bridgehead atoms. The van der Waals surface area contributed by atoms with Crippen LogP contribution in [-0.4, -0.2) is 22.1 Å². The second kappa shape index (κ2) is 8.18. The summed E-state index contributed by atoms with van der Waals surface area (Å²) in [5, 5.41) is 2.88. The number of imidazole rings is 1. The maximum absolute atomic E-state index is 13.2. The summed E-state index contributed by atoms with van der Waals surface area (Å²) < 4.78 is 33.4. The maximum Gasteiger partial charge on any atom is 0.258 e. The molecule has 0 saturated heterocycles. The Hall–Kier alpha value is -2.93. The lowest BCUT2D eigenvalue weighted by molar-refractivity contribution is -0.123. The number of aryl methyl sites for hydroxylation is 1. The number of benzene rings is 2. The topological polar surface area (TPSA) is 56.2 Å². The van der Waals surface area contributed by atoms with Crippen LogP contribution in [0.3, 0.4) is 0 Å². The Morgan fingerprint density at radius 1 is 1.22 bits per heavy atom. The maximum atomic E-state index is 13.2. The van der Waals surface area contributed by atoms with Crippen molar-refractivity contribution in [2.24, 2.45) is 7.05 Å². The number of rotatable bonds is 6. The number of amides is 1. The van der Waals surface area contributed by atoms with Crippen LogP contribution in [-0.2, 0) is 11.8 Å². The molecule has 1 heterocycles. The molecule has 0 aliphatic heterocycles. The van der Waals surface area contributed by atoms with E-state index in [-0.39, 0.29) is 23.2 Å². The lowest BCUT2D eigenvalue weighted by atomic mass is 10.1. The molecule has 1 atom stereocenters. The van der Waals surface area contributed by atoms with Crippen LogP contribution in [0.2, 0.25) is 5.02 Å². The summed E-state index contributed by atoms with van der Waals surface area (Å²) >= 11 is 5.89. The third kappa shape index (κ3) is 4.62. The molecule has 0 fully saturated rings. The average Bonchev–Trinajstić information content (AvgIpc) is 3.05. The van der Waals surface area contributed by atoms with Gasteiger partial charge >= 0.3 is 0 Å². The molecule has 0 radical (unpaired) electrons. The molecular weight excluding hydrogens is 376 g/mol. The minimum atomic E-state index is -0.592. The Labute approximate surface area is 159 Å². The van der Waals surface area contributed by atoms with Gasteiger partial charge in [-0.1, -0.05) is 23.7 Å². The van der Waals surface area contributed by atoms with E-state index in [9.17, 15) is 13.6 Å². The van der Waals surface area contributed by atoms with Gasteiger partial charge in [0.15, 0.2) is 6.61 Å². The summed E-state index contributed by atoms with van der Waals surface area (Å²) in [5.74, 6) is -0.535. The smallest absolute Gasteiger partial charge is 0.258 e. The molecule has 1 N–H and O–H groups in total. The fourth-order valence-electron chi connectivity index (χ4n) is 2.55. The van der Waals surface area contributed by atoms with Crippen LogP contribution in [0.1, 0.15) is 17.4 Å². The van der Waals surface area contributed by atoms with Crippen LogP contribution >= 0.6 is 11.6 Å². The van der Waals surface area contributed by atoms with Crippen molar-refractivity contribution < 1.29 is 18.3 Å². The first-order chi connectivity index (χ1) is 12.9. The van der Waals surface area contributed by atoms with E-state index < -0.39 is 17.8 Å². The summed E-state index contributed by atoms with van der Waals surface area (Å²) in [4.78, 5) is 16.6. The second-order valence-electron chi connectivity index (χ2n) is 5.81. The standard InChI is InChI=1S/C19H16ClF2N3O2/c1-25-9-8-23-19(25)18(12-2-4-13(21)5-3-12)24-17(26)11-27-16-7-6-14(22)10-15(16)20/h2-10,18H,11H2,1H3,(H,24,26). The van der Waals surface area contributed by atoms with Gasteiger partial charge in [0.1, 0.15) is 29.3 Å². The van der Waals surface area contributed by atoms with Crippen molar-refractivity contribution >= 4 is 17.5 Å². The van der Waals surface area contributed by atoms with Gasteiger partial charge in [-0.2, -0.15) is 0 Å². The molecule has 27 heavy (non-hydrogen) atoms. The highest BCUT2D eigenvalue weighted by atomic mass is 35.5. The van der Waals surface area contributed by atoms with Gasteiger partial charge in [0.2, 0.25) is 0 Å². The van der Waals surface area contributed by atoms with E-state index in [4.69, 9.17) is 16.3 Å². The normalized spacial score (nSPS) is 11.9. The van der Waals surface area contributed by atoms with Gasteiger partial charge in [0, 0.05) is 19.4 Å². The van der Waals surface area contributed by atoms with Crippen molar-refractivity contribution in [3.05, 3.63) is 82.9 Å². The van der Waals surface area contributed by atoms with Crippen LogP contribution in [0.15, 0.2) is 54.9 Å². The molecule has 0 aliphatic rings. The van der Waals surface area contributed by atoms with Crippen molar-refractivity contribution in [3.8, 4) is 5.75 Å². The monoisotopic (exact) mass is 391 g/mol. The number of aromatic nitrogens is 2. The van der Waals surface area contributed by atoms with Gasteiger partial charge in [-0.25, -0.2) is 13.8 Å². The Morgan fingerprint density at radius 2 is 1.93 bits per heavy atom. The van der Waals surface area contributed by atoms with Crippen LogP contribution in [0, 0.1) is 11.6 Å². The molecular formula is C19H16ClF2N3O2. The Morgan fingerprint density at radius 3 is 2.56 bits per heavy atom. The molecule has 1 aromatic heterocycles. The Bertz CT molecular complexity index is 944. The van der Waals surface area contributed by atoms with E-state index in [2.05, 4.69) is 10.3 Å². The molecule has 0 aliphatic carbocycles. The number of carbonyl (C=O) groups excluding carboxylic acids is 1. The molecule has 1 unspecified atom stereocenters. The van der Waals surface area contributed by atoms with E-state index in [1.165, 1.54) is 24.3 Å². The molecule has 2 aromatic carbocycles. The lowest BCUT2D eigenvalue weighted by Gasteiger charge is -2.19. The predicted molar refractivity (Wildman–Crippen MR) is 96.5 cm³/mol. The summed E-state index contributed by atoms with van der Waals surface area (Å²) in [7, 11) is 1.79. The van der Waals surface area contributed by atoms with Gasteiger partial charge in [0.05, 0.1) is 5.02 Å². The zero-order valence-electron chi connectivity index (χ0n) is 14.3. The van der Waals surface area contributed by atoms with Crippen LogP contribution in [0.25, 0.3) is 0 Å². The van der Waals surface area contributed by atoms with Gasteiger partial charge in [-0.15, -0.1) is 0 Å². The largest absolute Gasteiger partial charge is 0.482 e. The number of ether oxygens (including phenoxy) is 1. The summed E-state index contributed by atoms with van der Waals surface area (Å²) in [6.07, 6.45) is 3.35. The molecule has 0 spiro atoms. The van der Waals surface area contributed by atoms with Crippen molar-refractivity contribution in [3.63, 3.8) is 0 Å². The van der Waals surface area contributed by atoms with Crippen molar-refractivity contribution in [2.45, 2.75) is 6.04 Å². The van der Waals surface area contributed by atoms with Crippen LogP contribution in [0.5, 0.6) is 5.75 Å². The van der Waals surface area contributed by atoms with Crippen molar-refractivity contribution in [1.29, 1.82) is 0 Å². The number of hydrogen-bond acceptors (Lipinski definition) is 3.